The van der Waals surface area contributed by atoms with E-state index in [4.69, 9.17) is 5.73 Å². The number of aryl methyl sites for hydroxylation is 1. The van der Waals surface area contributed by atoms with E-state index in [1.165, 1.54) is 18.4 Å². The number of hydrogen-bond donors (Lipinski definition) is 1. The first-order valence-corrected chi connectivity index (χ1v) is 5.94. The third-order valence-electron chi connectivity index (χ3n) is 3.21. The molecular formula is C14H15N3. The van der Waals surface area contributed by atoms with Crippen molar-refractivity contribution in [3.63, 3.8) is 0 Å². The van der Waals surface area contributed by atoms with Crippen molar-refractivity contribution in [2.45, 2.75) is 25.7 Å². The lowest BCUT2D eigenvalue weighted by Gasteiger charge is -2.08. The topological polar surface area (TPSA) is 51.8 Å². The van der Waals surface area contributed by atoms with Crippen LogP contribution in [0.25, 0.3) is 11.1 Å². The van der Waals surface area contributed by atoms with Crippen molar-refractivity contribution in [2.75, 3.05) is 5.73 Å². The Kier molecular flexibility index (Phi) is 2.32. The summed E-state index contributed by atoms with van der Waals surface area (Å²) in [6.07, 6.45) is 4.25. The first-order chi connectivity index (χ1) is 8.25. The normalized spacial score (nSPS) is 14.9. The van der Waals surface area contributed by atoms with E-state index < -0.39 is 0 Å². The van der Waals surface area contributed by atoms with Gasteiger partial charge in [0.15, 0.2) is 0 Å². The number of rotatable bonds is 2. The number of benzene rings is 1. The van der Waals surface area contributed by atoms with Crippen LogP contribution in [0.15, 0.2) is 30.5 Å². The highest BCUT2D eigenvalue weighted by Gasteiger charge is 2.27. The van der Waals surface area contributed by atoms with E-state index in [0.29, 0.717) is 11.7 Å². The predicted octanol–water partition coefficient (Wildman–Crippen LogP) is 2.91. The van der Waals surface area contributed by atoms with Crippen LogP contribution in [-0.2, 0) is 0 Å². The molecule has 17 heavy (non-hydrogen) atoms. The summed E-state index contributed by atoms with van der Waals surface area (Å²) in [6.45, 7) is 2.07. The molecule has 1 fully saturated rings. The summed E-state index contributed by atoms with van der Waals surface area (Å²) >= 11 is 0. The molecule has 0 aliphatic heterocycles. The molecule has 0 bridgehead atoms. The molecule has 1 saturated carbocycles. The van der Waals surface area contributed by atoms with Crippen LogP contribution in [0.2, 0.25) is 0 Å². The first-order valence-electron chi connectivity index (χ1n) is 5.94. The molecule has 1 heterocycles. The molecule has 1 aliphatic carbocycles. The quantitative estimate of drug-likeness (QED) is 0.855. The third kappa shape index (κ3) is 1.88. The Balaban J connectivity index is 2.06. The van der Waals surface area contributed by atoms with Gasteiger partial charge in [0.25, 0.3) is 0 Å². The third-order valence-corrected chi connectivity index (χ3v) is 3.21. The van der Waals surface area contributed by atoms with Crippen LogP contribution in [-0.4, -0.2) is 9.97 Å². The van der Waals surface area contributed by atoms with E-state index in [0.717, 1.165) is 17.0 Å². The Hall–Kier alpha value is -1.90. The van der Waals surface area contributed by atoms with E-state index >= 15 is 0 Å². The van der Waals surface area contributed by atoms with Gasteiger partial charge in [-0.2, -0.15) is 0 Å². The Morgan fingerprint density at radius 1 is 1.18 bits per heavy atom. The highest BCUT2D eigenvalue weighted by molar-refractivity contribution is 5.75. The first kappa shape index (κ1) is 10.3. The van der Waals surface area contributed by atoms with Crippen LogP contribution in [0, 0.1) is 6.92 Å². The van der Waals surface area contributed by atoms with Gasteiger partial charge in [-0.05, 0) is 30.9 Å². The van der Waals surface area contributed by atoms with Gasteiger partial charge in [0.05, 0.1) is 0 Å². The van der Waals surface area contributed by atoms with E-state index in [9.17, 15) is 0 Å². The number of hydrogen-bond acceptors (Lipinski definition) is 3. The number of aromatic nitrogens is 2. The molecule has 3 heteroatoms. The van der Waals surface area contributed by atoms with Crippen LogP contribution < -0.4 is 5.73 Å². The van der Waals surface area contributed by atoms with Crippen molar-refractivity contribution in [2.24, 2.45) is 0 Å². The maximum atomic E-state index is 6.04. The van der Waals surface area contributed by atoms with E-state index in [1.54, 1.807) is 0 Å². The molecular weight excluding hydrogens is 210 g/mol. The van der Waals surface area contributed by atoms with Crippen molar-refractivity contribution >= 4 is 5.82 Å². The summed E-state index contributed by atoms with van der Waals surface area (Å²) in [5, 5.41) is 0. The van der Waals surface area contributed by atoms with Crippen molar-refractivity contribution in [3.05, 3.63) is 41.9 Å². The molecule has 2 N–H and O–H groups in total. The molecule has 0 atom stereocenters. The van der Waals surface area contributed by atoms with E-state index in [1.807, 2.05) is 18.3 Å². The van der Waals surface area contributed by atoms with Gasteiger partial charge in [-0.1, -0.05) is 24.3 Å². The minimum Gasteiger partial charge on any atom is -0.383 e. The average molecular weight is 225 g/mol. The fraction of sp³-hybridized carbons (Fsp3) is 0.286. The van der Waals surface area contributed by atoms with E-state index in [2.05, 4.69) is 29.0 Å². The van der Waals surface area contributed by atoms with Crippen molar-refractivity contribution in [1.82, 2.24) is 9.97 Å². The second-order valence-corrected chi connectivity index (χ2v) is 4.62. The van der Waals surface area contributed by atoms with Crippen LogP contribution in [0.5, 0.6) is 0 Å². The minimum atomic E-state index is 0.545. The van der Waals surface area contributed by atoms with Gasteiger partial charge in [0, 0.05) is 17.7 Å². The molecule has 0 spiro atoms. The van der Waals surface area contributed by atoms with Gasteiger partial charge in [-0.25, -0.2) is 9.97 Å². The summed E-state index contributed by atoms with van der Waals surface area (Å²) in [6, 6.07) is 8.16. The summed E-state index contributed by atoms with van der Waals surface area (Å²) in [4.78, 5) is 8.85. The Labute approximate surface area is 101 Å². The number of anilines is 1. The smallest absolute Gasteiger partial charge is 0.135 e. The van der Waals surface area contributed by atoms with Crippen LogP contribution in [0.3, 0.4) is 0 Å². The molecule has 3 rings (SSSR count). The zero-order valence-electron chi connectivity index (χ0n) is 9.85. The SMILES string of the molecule is Cc1ccccc1-c1cnc(C2CC2)nc1N. The molecule has 86 valence electrons. The average Bonchev–Trinajstić information content (AvgIpc) is 3.14. The molecule has 1 aromatic heterocycles. The number of nitrogens with two attached hydrogens (primary N) is 1. The molecule has 0 radical (unpaired) electrons. The van der Waals surface area contributed by atoms with Gasteiger partial charge in [0.1, 0.15) is 11.6 Å². The highest BCUT2D eigenvalue weighted by atomic mass is 15.0. The van der Waals surface area contributed by atoms with Gasteiger partial charge in [-0.15, -0.1) is 0 Å². The largest absolute Gasteiger partial charge is 0.383 e. The monoisotopic (exact) mass is 225 g/mol. The Morgan fingerprint density at radius 3 is 2.59 bits per heavy atom. The zero-order valence-corrected chi connectivity index (χ0v) is 9.85. The summed E-state index contributed by atoms with van der Waals surface area (Å²) in [5.41, 5.74) is 9.29. The second kappa shape index (κ2) is 3.84. The van der Waals surface area contributed by atoms with E-state index in [-0.39, 0.29) is 0 Å². The molecule has 2 aromatic rings. The predicted molar refractivity (Wildman–Crippen MR) is 68.6 cm³/mol. The summed E-state index contributed by atoms with van der Waals surface area (Å²) in [5.74, 6) is 2.04. The molecule has 0 amide bonds. The highest BCUT2D eigenvalue weighted by Crippen LogP contribution is 2.39. The lowest BCUT2D eigenvalue weighted by atomic mass is 10.0. The van der Waals surface area contributed by atoms with Gasteiger partial charge in [0.2, 0.25) is 0 Å². The Bertz CT molecular complexity index is 559. The molecule has 3 nitrogen and oxygen atoms in total. The fourth-order valence-corrected chi connectivity index (χ4v) is 2.03. The lowest BCUT2D eigenvalue weighted by molar-refractivity contribution is 0.933. The second-order valence-electron chi connectivity index (χ2n) is 4.62. The number of nitrogens with zero attached hydrogens (tertiary/aromatic N) is 2. The molecule has 1 aliphatic rings. The summed E-state index contributed by atoms with van der Waals surface area (Å²) in [7, 11) is 0. The van der Waals surface area contributed by atoms with Crippen molar-refractivity contribution in [1.29, 1.82) is 0 Å². The summed E-state index contributed by atoms with van der Waals surface area (Å²) < 4.78 is 0. The molecule has 0 saturated heterocycles. The lowest BCUT2D eigenvalue weighted by Crippen LogP contribution is -2.01. The number of nitrogen functional groups attached to an aromatic ring is 1. The van der Waals surface area contributed by atoms with Crippen molar-refractivity contribution < 1.29 is 0 Å². The van der Waals surface area contributed by atoms with Crippen molar-refractivity contribution in [3.8, 4) is 11.1 Å². The van der Waals surface area contributed by atoms with Gasteiger partial charge < -0.3 is 5.73 Å². The van der Waals surface area contributed by atoms with Gasteiger partial charge in [-0.3, -0.25) is 0 Å². The maximum absolute atomic E-state index is 6.04. The van der Waals surface area contributed by atoms with Crippen LogP contribution >= 0.6 is 0 Å². The van der Waals surface area contributed by atoms with Gasteiger partial charge >= 0.3 is 0 Å². The minimum absolute atomic E-state index is 0.545. The Morgan fingerprint density at radius 2 is 1.94 bits per heavy atom. The van der Waals surface area contributed by atoms with Crippen LogP contribution in [0.1, 0.15) is 30.1 Å². The molecule has 0 unspecified atom stereocenters. The standard InChI is InChI=1S/C14H15N3/c1-9-4-2-3-5-11(9)12-8-16-14(10-6-7-10)17-13(12)15/h2-5,8,10H,6-7H2,1H3,(H2,15,16,17). The van der Waals surface area contributed by atoms with Crippen LogP contribution in [0.4, 0.5) is 5.82 Å². The maximum Gasteiger partial charge on any atom is 0.135 e. The molecule has 1 aromatic carbocycles. The zero-order chi connectivity index (χ0) is 11.8. The fourth-order valence-electron chi connectivity index (χ4n) is 2.03.